The fourth-order valence-electron chi connectivity index (χ4n) is 1.84. The molecule has 0 radical (unpaired) electrons. The lowest BCUT2D eigenvalue weighted by molar-refractivity contribution is 0.189. The zero-order valence-electron chi connectivity index (χ0n) is 10.3. The molecule has 4 heteroatoms. The summed E-state index contributed by atoms with van der Waals surface area (Å²) in [5, 5.41) is 3.54. The number of ether oxygens (including phenoxy) is 1. The van der Waals surface area contributed by atoms with Crippen LogP contribution in [0.25, 0.3) is 0 Å². The number of benzene rings is 1. The Hall–Kier alpha value is -0.640. The molecule has 0 heterocycles. The van der Waals surface area contributed by atoms with Crippen molar-refractivity contribution in [1.82, 2.24) is 5.32 Å². The second-order valence-electron chi connectivity index (χ2n) is 3.89. The molecule has 0 aliphatic carbocycles. The van der Waals surface area contributed by atoms with Gasteiger partial charge in [0.25, 0.3) is 0 Å². The largest absolute Gasteiger partial charge is 0.385 e. The van der Waals surface area contributed by atoms with Gasteiger partial charge in [-0.2, -0.15) is 0 Å². The normalized spacial score (nSPS) is 12.7. The van der Waals surface area contributed by atoms with Crippen LogP contribution in [0.1, 0.15) is 31.4 Å². The van der Waals surface area contributed by atoms with Gasteiger partial charge in [-0.05, 0) is 31.0 Å². The van der Waals surface area contributed by atoms with E-state index >= 15 is 0 Å². The zero-order chi connectivity index (χ0) is 12.7. The summed E-state index contributed by atoms with van der Waals surface area (Å²) in [5.74, 6) is -0.362. The molecule has 0 aliphatic rings. The molecule has 0 amide bonds. The number of rotatable bonds is 7. The van der Waals surface area contributed by atoms with Crippen LogP contribution in [0.15, 0.2) is 18.2 Å². The molecule has 0 aromatic heterocycles. The van der Waals surface area contributed by atoms with Crippen molar-refractivity contribution >= 4 is 11.6 Å². The molecule has 1 atom stereocenters. The molecule has 2 nitrogen and oxygen atoms in total. The Morgan fingerprint density at radius 3 is 2.88 bits per heavy atom. The van der Waals surface area contributed by atoms with Gasteiger partial charge < -0.3 is 10.1 Å². The fraction of sp³-hybridized carbons (Fsp3) is 0.538. The lowest BCUT2D eigenvalue weighted by Gasteiger charge is -2.19. The number of hydrogen-bond acceptors (Lipinski definition) is 2. The van der Waals surface area contributed by atoms with Gasteiger partial charge in [0.05, 0.1) is 5.02 Å². The van der Waals surface area contributed by atoms with Crippen LogP contribution in [-0.4, -0.2) is 20.3 Å². The molecule has 0 saturated heterocycles. The Labute approximate surface area is 107 Å². The summed E-state index contributed by atoms with van der Waals surface area (Å²) >= 11 is 5.99. The molecule has 17 heavy (non-hydrogen) atoms. The van der Waals surface area contributed by atoms with E-state index in [1.54, 1.807) is 13.2 Å². The summed E-state index contributed by atoms with van der Waals surface area (Å²) in [4.78, 5) is 0. The van der Waals surface area contributed by atoms with Crippen molar-refractivity contribution in [2.45, 2.75) is 25.8 Å². The predicted octanol–water partition coefficient (Wildman–Crippen LogP) is 3.56. The highest BCUT2D eigenvalue weighted by molar-refractivity contribution is 6.31. The second-order valence-corrected chi connectivity index (χ2v) is 4.27. The SMILES string of the molecule is CCNC(CCCOC)c1cccc(F)c1Cl. The molecule has 1 unspecified atom stereocenters. The molecular weight excluding hydrogens is 241 g/mol. The number of halogens is 2. The smallest absolute Gasteiger partial charge is 0.142 e. The summed E-state index contributed by atoms with van der Waals surface area (Å²) in [6.07, 6.45) is 1.80. The molecule has 0 fully saturated rings. The first-order chi connectivity index (χ1) is 8.20. The third-order valence-corrected chi connectivity index (χ3v) is 3.05. The topological polar surface area (TPSA) is 21.3 Å². The van der Waals surface area contributed by atoms with E-state index < -0.39 is 0 Å². The van der Waals surface area contributed by atoms with Crippen molar-refractivity contribution < 1.29 is 9.13 Å². The average molecular weight is 260 g/mol. The van der Waals surface area contributed by atoms with Gasteiger partial charge in [-0.25, -0.2) is 4.39 Å². The lowest BCUT2D eigenvalue weighted by Crippen LogP contribution is -2.21. The molecule has 96 valence electrons. The quantitative estimate of drug-likeness (QED) is 0.756. The third-order valence-electron chi connectivity index (χ3n) is 2.65. The van der Waals surface area contributed by atoms with Gasteiger partial charge in [0.2, 0.25) is 0 Å². The fourth-order valence-corrected chi connectivity index (χ4v) is 2.09. The van der Waals surface area contributed by atoms with E-state index in [-0.39, 0.29) is 16.9 Å². The van der Waals surface area contributed by atoms with Gasteiger partial charge in [0.1, 0.15) is 5.82 Å². The first-order valence-electron chi connectivity index (χ1n) is 5.87. The Morgan fingerprint density at radius 2 is 2.24 bits per heavy atom. The minimum atomic E-state index is -0.362. The molecule has 0 spiro atoms. The van der Waals surface area contributed by atoms with Crippen molar-refractivity contribution in [2.24, 2.45) is 0 Å². The number of hydrogen-bond donors (Lipinski definition) is 1. The van der Waals surface area contributed by atoms with Crippen LogP contribution >= 0.6 is 11.6 Å². The molecule has 1 aromatic carbocycles. The van der Waals surface area contributed by atoms with Gasteiger partial charge >= 0.3 is 0 Å². The first-order valence-corrected chi connectivity index (χ1v) is 6.24. The molecule has 0 saturated carbocycles. The highest BCUT2D eigenvalue weighted by Crippen LogP contribution is 2.28. The number of nitrogens with one attached hydrogen (secondary N) is 1. The van der Waals surface area contributed by atoms with Gasteiger partial charge in [0, 0.05) is 19.8 Å². The molecular formula is C13H19ClFNO. The predicted molar refractivity (Wildman–Crippen MR) is 68.9 cm³/mol. The first kappa shape index (κ1) is 14.4. The Morgan fingerprint density at radius 1 is 1.47 bits per heavy atom. The van der Waals surface area contributed by atoms with Crippen LogP contribution in [0.4, 0.5) is 4.39 Å². The van der Waals surface area contributed by atoms with Crippen molar-refractivity contribution in [3.05, 3.63) is 34.6 Å². The molecule has 0 bridgehead atoms. The van der Waals surface area contributed by atoms with Gasteiger partial charge in [-0.1, -0.05) is 30.7 Å². The summed E-state index contributed by atoms with van der Waals surface area (Å²) in [6, 6.07) is 5.02. The van der Waals surface area contributed by atoms with E-state index in [1.165, 1.54) is 6.07 Å². The van der Waals surface area contributed by atoms with Crippen LogP contribution in [0.2, 0.25) is 5.02 Å². The summed E-state index contributed by atoms with van der Waals surface area (Å²) < 4.78 is 18.4. The summed E-state index contributed by atoms with van der Waals surface area (Å²) in [5.41, 5.74) is 0.824. The average Bonchev–Trinajstić information content (AvgIpc) is 2.32. The minimum Gasteiger partial charge on any atom is -0.385 e. The maximum absolute atomic E-state index is 13.4. The van der Waals surface area contributed by atoms with E-state index in [0.717, 1.165) is 24.9 Å². The van der Waals surface area contributed by atoms with E-state index in [0.29, 0.717) is 6.61 Å². The van der Waals surface area contributed by atoms with Crippen LogP contribution in [0.5, 0.6) is 0 Å². The lowest BCUT2D eigenvalue weighted by atomic mass is 10.0. The van der Waals surface area contributed by atoms with Gasteiger partial charge in [-0.15, -0.1) is 0 Å². The van der Waals surface area contributed by atoms with Gasteiger partial charge in [-0.3, -0.25) is 0 Å². The maximum atomic E-state index is 13.4. The summed E-state index contributed by atoms with van der Waals surface area (Å²) in [7, 11) is 1.68. The second kappa shape index (κ2) is 7.64. The standard InChI is InChI=1S/C13H19ClFNO/c1-3-16-12(8-5-9-17-2)10-6-4-7-11(15)13(10)14/h4,6-7,12,16H,3,5,8-9H2,1-2H3. The Kier molecular flexibility index (Phi) is 6.48. The zero-order valence-corrected chi connectivity index (χ0v) is 11.1. The van der Waals surface area contributed by atoms with Crippen LogP contribution in [0.3, 0.4) is 0 Å². The van der Waals surface area contributed by atoms with Crippen molar-refractivity contribution in [3.8, 4) is 0 Å². The minimum absolute atomic E-state index is 0.0818. The summed E-state index contributed by atoms with van der Waals surface area (Å²) in [6.45, 7) is 3.55. The maximum Gasteiger partial charge on any atom is 0.142 e. The van der Waals surface area contributed by atoms with Crippen molar-refractivity contribution in [2.75, 3.05) is 20.3 Å². The molecule has 1 rings (SSSR count). The third kappa shape index (κ3) is 4.26. The molecule has 1 aromatic rings. The van der Waals surface area contributed by atoms with Crippen molar-refractivity contribution in [1.29, 1.82) is 0 Å². The Bertz CT molecular complexity index is 346. The van der Waals surface area contributed by atoms with Crippen LogP contribution in [-0.2, 0) is 4.74 Å². The monoisotopic (exact) mass is 259 g/mol. The number of methoxy groups -OCH3 is 1. The van der Waals surface area contributed by atoms with Crippen LogP contribution < -0.4 is 5.32 Å². The van der Waals surface area contributed by atoms with Crippen LogP contribution in [0, 0.1) is 5.82 Å². The Balaban J connectivity index is 2.77. The van der Waals surface area contributed by atoms with Crippen molar-refractivity contribution in [3.63, 3.8) is 0 Å². The van der Waals surface area contributed by atoms with E-state index in [4.69, 9.17) is 16.3 Å². The highest BCUT2D eigenvalue weighted by Gasteiger charge is 2.15. The molecule has 0 aliphatic heterocycles. The van der Waals surface area contributed by atoms with E-state index in [9.17, 15) is 4.39 Å². The van der Waals surface area contributed by atoms with E-state index in [1.807, 2.05) is 13.0 Å². The highest BCUT2D eigenvalue weighted by atomic mass is 35.5. The van der Waals surface area contributed by atoms with E-state index in [2.05, 4.69) is 5.32 Å². The molecule has 1 N–H and O–H groups in total. The van der Waals surface area contributed by atoms with Gasteiger partial charge in [0.15, 0.2) is 0 Å².